The summed E-state index contributed by atoms with van der Waals surface area (Å²) in [5, 5.41) is 0. The molecule has 2 heterocycles. The van der Waals surface area contributed by atoms with Gasteiger partial charge >= 0.3 is 0 Å². The molecule has 4 nitrogen and oxygen atoms in total. The monoisotopic (exact) mass is 275 g/mol. The molecule has 1 aromatic rings. The second-order valence-electron chi connectivity index (χ2n) is 6.06. The smallest absolute Gasteiger partial charge is 0.0642 e. The Kier molecular flexibility index (Phi) is 4.24. The van der Waals surface area contributed by atoms with E-state index >= 15 is 0 Å². The van der Waals surface area contributed by atoms with E-state index in [-0.39, 0.29) is 0 Å². The first-order chi connectivity index (χ1) is 9.74. The largest absolute Gasteiger partial charge is 0.378 e. The van der Waals surface area contributed by atoms with Crippen molar-refractivity contribution >= 4 is 5.69 Å². The minimum atomic E-state index is 0.325. The van der Waals surface area contributed by atoms with Crippen molar-refractivity contribution in [3.8, 4) is 0 Å². The minimum Gasteiger partial charge on any atom is -0.378 e. The molecule has 110 valence electrons. The number of hydrogen-bond acceptors (Lipinski definition) is 4. The van der Waals surface area contributed by atoms with Gasteiger partial charge in [-0.1, -0.05) is 25.1 Å². The molecule has 2 aliphatic rings. The fourth-order valence-electron chi connectivity index (χ4n) is 3.22. The van der Waals surface area contributed by atoms with Gasteiger partial charge in [-0.2, -0.15) is 0 Å². The number of anilines is 1. The van der Waals surface area contributed by atoms with E-state index in [4.69, 9.17) is 10.5 Å². The van der Waals surface area contributed by atoms with E-state index in [1.165, 1.54) is 11.3 Å². The van der Waals surface area contributed by atoms with Crippen molar-refractivity contribution in [2.45, 2.75) is 19.5 Å². The van der Waals surface area contributed by atoms with Gasteiger partial charge in [0, 0.05) is 44.5 Å². The Morgan fingerprint density at radius 3 is 2.65 bits per heavy atom. The topological polar surface area (TPSA) is 41.7 Å². The number of likely N-dealkylation sites (tertiary alicyclic amines) is 1. The quantitative estimate of drug-likeness (QED) is 0.903. The second kappa shape index (κ2) is 6.12. The molecule has 2 saturated heterocycles. The summed E-state index contributed by atoms with van der Waals surface area (Å²) in [5.41, 5.74) is 8.91. The number of nitrogens with zero attached hydrogens (tertiary/aromatic N) is 2. The fourth-order valence-corrected chi connectivity index (χ4v) is 3.22. The van der Waals surface area contributed by atoms with Crippen LogP contribution in [0.15, 0.2) is 24.3 Å². The lowest BCUT2D eigenvalue weighted by atomic mass is 10.1. The third kappa shape index (κ3) is 2.97. The molecule has 4 heteroatoms. The van der Waals surface area contributed by atoms with Gasteiger partial charge in [0.1, 0.15) is 0 Å². The Bertz CT molecular complexity index is 435. The summed E-state index contributed by atoms with van der Waals surface area (Å²) >= 11 is 0. The number of morpholine rings is 1. The van der Waals surface area contributed by atoms with Crippen LogP contribution in [0.25, 0.3) is 0 Å². The molecular formula is C16H25N3O. The fraction of sp³-hybridized carbons (Fsp3) is 0.625. The van der Waals surface area contributed by atoms with Gasteiger partial charge in [-0.3, -0.25) is 4.90 Å². The molecule has 2 atom stereocenters. The number of benzene rings is 1. The average Bonchev–Trinajstić information content (AvgIpc) is 2.79. The summed E-state index contributed by atoms with van der Waals surface area (Å²) in [7, 11) is 0. The molecular weight excluding hydrogens is 250 g/mol. The normalized spacial score (nSPS) is 28.0. The van der Waals surface area contributed by atoms with Crippen LogP contribution in [0.2, 0.25) is 0 Å². The molecule has 0 radical (unpaired) electrons. The van der Waals surface area contributed by atoms with E-state index in [2.05, 4.69) is 41.0 Å². The van der Waals surface area contributed by atoms with E-state index < -0.39 is 0 Å². The van der Waals surface area contributed by atoms with Gasteiger partial charge in [-0.15, -0.1) is 0 Å². The lowest BCUT2D eigenvalue weighted by Crippen LogP contribution is -2.37. The molecule has 2 fully saturated rings. The summed E-state index contributed by atoms with van der Waals surface area (Å²) in [6.07, 6.45) is 0. The summed E-state index contributed by atoms with van der Waals surface area (Å²) in [6, 6.07) is 9.08. The third-order valence-electron chi connectivity index (χ3n) is 4.48. The van der Waals surface area contributed by atoms with Crippen LogP contribution < -0.4 is 10.6 Å². The van der Waals surface area contributed by atoms with Crippen molar-refractivity contribution in [3.63, 3.8) is 0 Å². The SMILES string of the molecule is CC1CN(Cc2ccccc2N2CCOCC2)CC1N. The average molecular weight is 275 g/mol. The summed E-state index contributed by atoms with van der Waals surface area (Å²) in [4.78, 5) is 4.92. The number of nitrogens with two attached hydrogens (primary N) is 1. The van der Waals surface area contributed by atoms with Crippen LogP contribution in [0.5, 0.6) is 0 Å². The highest BCUT2D eigenvalue weighted by Gasteiger charge is 2.27. The number of para-hydroxylation sites is 1. The van der Waals surface area contributed by atoms with E-state index in [9.17, 15) is 0 Å². The zero-order chi connectivity index (χ0) is 13.9. The molecule has 0 aliphatic carbocycles. The maximum Gasteiger partial charge on any atom is 0.0642 e. The zero-order valence-electron chi connectivity index (χ0n) is 12.3. The van der Waals surface area contributed by atoms with E-state index in [0.717, 1.165) is 45.9 Å². The minimum absolute atomic E-state index is 0.325. The van der Waals surface area contributed by atoms with Crippen molar-refractivity contribution in [3.05, 3.63) is 29.8 Å². The maximum absolute atomic E-state index is 6.13. The van der Waals surface area contributed by atoms with Gasteiger partial charge in [0.05, 0.1) is 13.2 Å². The van der Waals surface area contributed by atoms with Crippen molar-refractivity contribution < 1.29 is 4.74 Å². The second-order valence-corrected chi connectivity index (χ2v) is 6.06. The highest BCUT2D eigenvalue weighted by Crippen LogP contribution is 2.25. The van der Waals surface area contributed by atoms with Gasteiger partial charge in [-0.05, 0) is 17.5 Å². The predicted octanol–water partition coefficient (Wildman–Crippen LogP) is 1.30. The maximum atomic E-state index is 6.13. The van der Waals surface area contributed by atoms with E-state index in [0.29, 0.717) is 12.0 Å². The van der Waals surface area contributed by atoms with Crippen molar-refractivity contribution in [1.82, 2.24) is 4.90 Å². The van der Waals surface area contributed by atoms with Gasteiger partial charge in [0.25, 0.3) is 0 Å². The molecule has 0 saturated carbocycles. The van der Waals surface area contributed by atoms with Gasteiger partial charge < -0.3 is 15.4 Å². The van der Waals surface area contributed by atoms with Gasteiger partial charge in [-0.25, -0.2) is 0 Å². The van der Waals surface area contributed by atoms with Crippen molar-refractivity contribution in [2.75, 3.05) is 44.3 Å². The molecule has 2 N–H and O–H groups in total. The van der Waals surface area contributed by atoms with E-state index in [1.807, 2.05) is 0 Å². The zero-order valence-corrected chi connectivity index (χ0v) is 12.3. The molecule has 2 unspecified atom stereocenters. The van der Waals surface area contributed by atoms with Crippen LogP contribution in [0, 0.1) is 5.92 Å². The van der Waals surface area contributed by atoms with Crippen LogP contribution in [-0.4, -0.2) is 50.3 Å². The predicted molar refractivity (Wildman–Crippen MR) is 81.9 cm³/mol. The van der Waals surface area contributed by atoms with Gasteiger partial charge in [0.2, 0.25) is 0 Å². The first kappa shape index (κ1) is 13.9. The van der Waals surface area contributed by atoms with Crippen molar-refractivity contribution in [2.24, 2.45) is 11.7 Å². The molecule has 1 aromatic carbocycles. The number of hydrogen-bond donors (Lipinski definition) is 1. The van der Waals surface area contributed by atoms with Crippen LogP contribution in [-0.2, 0) is 11.3 Å². The lowest BCUT2D eigenvalue weighted by Gasteiger charge is -2.31. The Morgan fingerprint density at radius 2 is 1.95 bits per heavy atom. The van der Waals surface area contributed by atoms with Gasteiger partial charge in [0.15, 0.2) is 0 Å². The van der Waals surface area contributed by atoms with Crippen LogP contribution in [0.1, 0.15) is 12.5 Å². The summed E-state index contributed by atoms with van der Waals surface area (Å²) in [6.45, 7) is 9.03. The Morgan fingerprint density at radius 1 is 1.20 bits per heavy atom. The molecule has 0 aromatic heterocycles. The highest BCUT2D eigenvalue weighted by molar-refractivity contribution is 5.54. The highest BCUT2D eigenvalue weighted by atomic mass is 16.5. The molecule has 0 bridgehead atoms. The standard InChI is InChI=1S/C16H25N3O/c1-13-10-18(12-15(13)17)11-14-4-2-3-5-16(14)19-6-8-20-9-7-19/h2-5,13,15H,6-12,17H2,1H3. The molecule has 3 rings (SSSR count). The number of ether oxygens (including phenoxy) is 1. The van der Waals surface area contributed by atoms with Crippen LogP contribution in [0.3, 0.4) is 0 Å². The molecule has 0 spiro atoms. The Balaban J connectivity index is 1.72. The molecule has 20 heavy (non-hydrogen) atoms. The summed E-state index contributed by atoms with van der Waals surface area (Å²) < 4.78 is 5.45. The van der Waals surface area contributed by atoms with E-state index in [1.54, 1.807) is 0 Å². The summed E-state index contributed by atoms with van der Waals surface area (Å²) in [5.74, 6) is 0.602. The Labute approximate surface area is 121 Å². The first-order valence-corrected chi connectivity index (χ1v) is 7.62. The Hall–Kier alpha value is -1.10. The third-order valence-corrected chi connectivity index (χ3v) is 4.48. The molecule has 0 amide bonds. The van der Waals surface area contributed by atoms with Crippen LogP contribution in [0.4, 0.5) is 5.69 Å². The lowest BCUT2D eigenvalue weighted by molar-refractivity contribution is 0.122. The van der Waals surface area contributed by atoms with Crippen molar-refractivity contribution in [1.29, 1.82) is 0 Å². The number of rotatable bonds is 3. The van der Waals surface area contributed by atoms with Crippen LogP contribution >= 0.6 is 0 Å². The molecule has 2 aliphatic heterocycles. The first-order valence-electron chi connectivity index (χ1n) is 7.62.